The summed E-state index contributed by atoms with van der Waals surface area (Å²) in [7, 11) is 0. The molecule has 4 nitrogen and oxygen atoms in total. The number of amides is 1. The lowest BCUT2D eigenvalue weighted by Gasteiger charge is -2.20. The van der Waals surface area contributed by atoms with Crippen LogP contribution in [0.3, 0.4) is 0 Å². The zero-order chi connectivity index (χ0) is 13.7. The quantitative estimate of drug-likeness (QED) is 0.617. The number of hydrogen-bond acceptors (Lipinski definition) is 3. The minimum Gasteiger partial charge on any atom is -0.396 e. The molecule has 0 saturated carbocycles. The Hall–Kier alpha value is -1.91. The highest BCUT2D eigenvalue weighted by atomic mass is 19.1. The van der Waals surface area contributed by atoms with Crippen LogP contribution in [0.15, 0.2) is 18.2 Å². The average molecular weight is 252 g/mol. The second-order valence-electron chi connectivity index (χ2n) is 4.15. The Morgan fingerprint density at radius 3 is 2.72 bits per heavy atom. The first-order chi connectivity index (χ1) is 8.49. The van der Waals surface area contributed by atoms with Crippen molar-refractivity contribution in [2.45, 2.75) is 32.2 Å². The third kappa shape index (κ3) is 3.29. The van der Waals surface area contributed by atoms with Crippen LogP contribution in [0.2, 0.25) is 0 Å². The molecule has 1 aromatic carbocycles. The van der Waals surface area contributed by atoms with Crippen LogP contribution >= 0.6 is 0 Å². The fraction of sp³-hybridized carbons (Fsp3) is 0.385. The van der Waals surface area contributed by atoms with Gasteiger partial charge < -0.3 is 15.8 Å². The van der Waals surface area contributed by atoms with E-state index in [-0.39, 0.29) is 17.5 Å². The molecule has 1 amide bonds. The third-order valence-corrected chi connectivity index (χ3v) is 2.88. The molecule has 5 heteroatoms. The largest absolute Gasteiger partial charge is 0.396 e. The van der Waals surface area contributed by atoms with Crippen LogP contribution in [0.25, 0.3) is 0 Å². The molecule has 0 aliphatic carbocycles. The third-order valence-electron chi connectivity index (χ3n) is 2.88. The van der Waals surface area contributed by atoms with Crippen LogP contribution in [0.5, 0.6) is 0 Å². The average Bonchev–Trinajstić information content (AvgIpc) is 2.38. The Morgan fingerprint density at radius 1 is 1.56 bits per heavy atom. The smallest absolute Gasteiger partial charge is 0.220 e. The predicted molar refractivity (Wildman–Crippen MR) is 67.5 cm³/mol. The molecule has 0 heterocycles. The summed E-state index contributed by atoms with van der Waals surface area (Å²) >= 11 is 0. The van der Waals surface area contributed by atoms with Crippen molar-refractivity contribution in [3.63, 3.8) is 0 Å². The molecule has 0 unspecified atom stereocenters. The van der Waals surface area contributed by atoms with Gasteiger partial charge in [0.2, 0.25) is 5.91 Å². The summed E-state index contributed by atoms with van der Waals surface area (Å²) in [6.45, 7) is 3.45. The van der Waals surface area contributed by atoms with Crippen LogP contribution < -0.4 is 11.1 Å². The predicted octanol–water partition coefficient (Wildman–Crippen LogP) is 1.61. The van der Waals surface area contributed by atoms with Crippen LogP contribution in [0.1, 0.15) is 31.7 Å². The first kappa shape index (κ1) is 14.2. The lowest BCUT2D eigenvalue weighted by Crippen LogP contribution is -2.39. The van der Waals surface area contributed by atoms with Crippen LogP contribution in [0.4, 0.5) is 10.1 Å². The van der Waals surface area contributed by atoms with Gasteiger partial charge in [-0.3, -0.25) is 4.79 Å². The molecule has 1 rings (SSSR count). The summed E-state index contributed by atoms with van der Waals surface area (Å²) in [5.41, 5.74) is 6.07. The number of aldehydes is 1. The Kier molecular flexibility index (Phi) is 4.83. The number of carbonyl (C=O) groups is 2. The number of anilines is 1. The molecule has 0 bridgehead atoms. The lowest BCUT2D eigenvalue weighted by molar-refractivity contribution is -0.124. The van der Waals surface area contributed by atoms with Gasteiger partial charge in [0, 0.05) is 12.3 Å². The normalized spacial score (nSPS) is 13.7. The molecule has 0 saturated heterocycles. The van der Waals surface area contributed by atoms with Crippen molar-refractivity contribution < 1.29 is 14.0 Å². The van der Waals surface area contributed by atoms with Gasteiger partial charge in [-0.05, 0) is 17.7 Å². The lowest BCUT2D eigenvalue weighted by atomic mass is 9.93. The first-order valence-corrected chi connectivity index (χ1v) is 5.79. The van der Waals surface area contributed by atoms with Crippen molar-refractivity contribution in [1.29, 1.82) is 0 Å². The number of benzene rings is 1. The van der Waals surface area contributed by atoms with Crippen molar-refractivity contribution in [3.05, 3.63) is 29.6 Å². The number of rotatable bonds is 5. The maximum Gasteiger partial charge on any atom is 0.220 e. The first-order valence-electron chi connectivity index (χ1n) is 5.79. The van der Waals surface area contributed by atoms with Gasteiger partial charge in [-0.15, -0.1) is 0 Å². The van der Waals surface area contributed by atoms with Gasteiger partial charge >= 0.3 is 0 Å². The summed E-state index contributed by atoms with van der Waals surface area (Å²) in [6, 6.07) is 3.72. The Bertz CT molecular complexity index is 449. The van der Waals surface area contributed by atoms with Gasteiger partial charge in [0.1, 0.15) is 12.1 Å². The summed E-state index contributed by atoms with van der Waals surface area (Å²) in [5, 5.41) is 2.59. The van der Waals surface area contributed by atoms with E-state index in [1.54, 1.807) is 19.9 Å². The van der Waals surface area contributed by atoms with E-state index in [2.05, 4.69) is 5.32 Å². The van der Waals surface area contributed by atoms with Crippen LogP contribution in [0, 0.1) is 5.82 Å². The molecule has 0 aliphatic heterocycles. The Balaban J connectivity index is 2.88. The van der Waals surface area contributed by atoms with Gasteiger partial charge in [0.25, 0.3) is 0 Å². The maximum atomic E-state index is 13.3. The van der Waals surface area contributed by atoms with E-state index in [1.807, 2.05) is 0 Å². The summed E-state index contributed by atoms with van der Waals surface area (Å²) in [5.74, 6) is -1.05. The summed E-state index contributed by atoms with van der Waals surface area (Å²) in [6.07, 6.45) is 0.958. The van der Waals surface area contributed by atoms with Gasteiger partial charge in [0.15, 0.2) is 0 Å². The van der Waals surface area contributed by atoms with Crippen LogP contribution in [-0.2, 0) is 9.59 Å². The molecule has 0 radical (unpaired) electrons. The summed E-state index contributed by atoms with van der Waals surface area (Å²) < 4.78 is 13.3. The van der Waals surface area contributed by atoms with E-state index in [1.165, 1.54) is 12.1 Å². The van der Waals surface area contributed by atoms with Gasteiger partial charge in [0.05, 0.1) is 11.7 Å². The zero-order valence-corrected chi connectivity index (χ0v) is 10.4. The zero-order valence-electron chi connectivity index (χ0n) is 10.4. The monoisotopic (exact) mass is 252 g/mol. The van der Waals surface area contributed by atoms with E-state index in [0.29, 0.717) is 18.3 Å². The maximum absolute atomic E-state index is 13.3. The van der Waals surface area contributed by atoms with E-state index in [9.17, 15) is 14.0 Å². The number of nitrogens with one attached hydrogen (secondary N) is 1. The molecule has 0 fully saturated rings. The molecule has 2 atom stereocenters. The number of carbonyl (C=O) groups excluding carboxylic acids is 2. The minimum atomic E-state index is -0.666. The molecule has 18 heavy (non-hydrogen) atoms. The molecule has 0 spiro atoms. The molecular weight excluding hydrogens is 235 g/mol. The number of halogens is 1. The van der Waals surface area contributed by atoms with Crippen LogP contribution in [-0.4, -0.2) is 18.2 Å². The van der Waals surface area contributed by atoms with Gasteiger partial charge in [-0.1, -0.05) is 19.9 Å². The fourth-order valence-corrected chi connectivity index (χ4v) is 1.60. The van der Waals surface area contributed by atoms with Crippen molar-refractivity contribution in [2.24, 2.45) is 0 Å². The highest BCUT2D eigenvalue weighted by Crippen LogP contribution is 2.22. The number of nitrogen functional groups attached to an aromatic ring is 1. The Morgan fingerprint density at radius 2 is 2.22 bits per heavy atom. The molecule has 3 N–H and O–H groups in total. The second kappa shape index (κ2) is 6.14. The number of hydrogen-bond donors (Lipinski definition) is 2. The van der Waals surface area contributed by atoms with E-state index in [4.69, 9.17) is 5.73 Å². The molecular formula is C13H17FN2O2. The fourth-order valence-electron chi connectivity index (χ4n) is 1.60. The highest BCUT2D eigenvalue weighted by Gasteiger charge is 2.20. The van der Waals surface area contributed by atoms with Crippen molar-refractivity contribution in [1.82, 2.24) is 5.32 Å². The van der Waals surface area contributed by atoms with E-state index >= 15 is 0 Å². The topological polar surface area (TPSA) is 72.2 Å². The highest BCUT2D eigenvalue weighted by molar-refractivity contribution is 5.79. The minimum absolute atomic E-state index is 0.0613. The molecule has 98 valence electrons. The molecule has 1 aromatic rings. The standard InChI is InChI=1S/C13H17FN2O2/c1-3-13(18)16-12(7-17)8(2)9-4-5-11(15)10(14)6-9/h4-8,12H,3,15H2,1-2H3,(H,16,18)/t8-,12-/m0/s1. The van der Waals surface area contributed by atoms with Crippen molar-refractivity contribution in [3.8, 4) is 0 Å². The van der Waals surface area contributed by atoms with Crippen molar-refractivity contribution >= 4 is 17.9 Å². The van der Waals surface area contributed by atoms with E-state index < -0.39 is 11.9 Å². The Labute approximate surface area is 105 Å². The van der Waals surface area contributed by atoms with E-state index in [0.717, 1.165) is 0 Å². The molecule has 0 aliphatic rings. The second-order valence-corrected chi connectivity index (χ2v) is 4.15. The summed E-state index contributed by atoms with van der Waals surface area (Å²) in [4.78, 5) is 22.3. The molecule has 0 aromatic heterocycles. The van der Waals surface area contributed by atoms with Gasteiger partial charge in [-0.2, -0.15) is 0 Å². The number of nitrogens with two attached hydrogens (primary N) is 1. The van der Waals surface area contributed by atoms with Crippen molar-refractivity contribution in [2.75, 3.05) is 5.73 Å². The van der Waals surface area contributed by atoms with Gasteiger partial charge in [-0.25, -0.2) is 4.39 Å². The SMILES string of the molecule is CCC(=O)N[C@@H](C=O)[C@@H](C)c1ccc(N)c(F)c1.